The molecule has 0 fully saturated rings. The number of aryl methyl sites for hydroxylation is 2. The van der Waals surface area contributed by atoms with Crippen LogP contribution in [-0.2, 0) is 24.2 Å². The number of amides is 1. The van der Waals surface area contributed by atoms with E-state index in [0.717, 1.165) is 11.3 Å². The first-order chi connectivity index (χ1) is 10.1. The Bertz CT molecular complexity index is 731. The molecule has 2 aromatic rings. The van der Waals surface area contributed by atoms with Crippen LogP contribution in [0.25, 0.3) is 0 Å². The summed E-state index contributed by atoms with van der Waals surface area (Å²) in [6.07, 6.45) is 1.32. The zero-order valence-corrected chi connectivity index (χ0v) is 12.4. The van der Waals surface area contributed by atoms with Crippen LogP contribution in [0, 0.1) is 0 Å². The van der Waals surface area contributed by atoms with Crippen LogP contribution in [0.5, 0.6) is 0 Å². The van der Waals surface area contributed by atoms with Crippen LogP contribution >= 0.6 is 11.3 Å². The molecular formula is C13H16N4O3S. The number of aromatic nitrogens is 3. The summed E-state index contributed by atoms with van der Waals surface area (Å²) in [6.45, 7) is 2.57. The standard InChI is InChI=1S/C13H16N4O3S/c1-2-8-3-4-9(21-8)7-14-11(18)6-5-10-12(19)15-13(20)17-16-10/h3-4H,2,5-7H2,1H3,(H,14,18)(H2,15,17,19,20). The second-order valence-corrected chi connectivity index (χ2v) is 5.70. The van der Waals surface area contributed by atoms with E-state index in [4.69, 9.17) is 0 Å². The van der Waals surface area contributed by atoms with Crippen LogP contribution in [0.3, 0.4) is 0 Å². The molecule has 0 aliphatic carbocycles. The van der Waals surface area contributed by atoms with Crippen molar-refractivity contribution in [3.8, 4) is 0 Å². The molecule has 0 atom stereocenters. The van der Waals surface area contributed by atoms with Crippen LogP contribution in [0.4, 0.5) is 0 Å². The monoisotopic (exact) mass is 308 g/mol. The number of hydrogen-bond acceptors (Lipinski definition) is 5. The van der Waals surface area contributed by atoms with Gasteiger partial charge in [-0.05, 0) is 18.6 Å². The number of hydrogen-bond donors (Lipinski definition) is 3. The van der Waals surface area contributed by atoms with Crippen LogP contribution in [0.15, 0.2) is 21.7 Å². The van der Waals surface area contributed by atoms with Gasteiger partial charge in [0.1, 0.15) is 5.69 Å². The molecule has 2 aromatic heterocycles. The van der Waals surface area contributed by atoms with E-state index in [0.29, 0.717) is 6.54 Å². The van der Waals surface area contributed by atoms with Crippen molar-refractivity contribution < 1.29 is 4.79 Å². The van der Waals surface area contributed by atoms with Crippen molar-refractivity contribution in [3.63, 3.8) is 0 Å². The number of nitrogens with zero attached hydrogens (tertiary/aromatic N) is 1. The van der Waals surface area contributed by atoms with Crippen LogP contribution in [0.1, 0.15) is 28.8 Å². The van der Waals surface area contributed by atoms with Gasteiger partial charge in [0.15, 0.2) is 0 Å². The van der Waals surface area contributed by atoms with E-state index in [9.17, 15) is 14.4 Å². The summed E-state index contributed by atoms with van der Waals surface area (Å²) in [5.74, 6) is -0.158. The smallest absolute Gasteiger partial charge is 0.342 e. The lowest BCUT2D eigenvalue weighted by atomic mass is 10.2. The molecule has 112 valence electrons. The Balaban J connectivity index is 1.82. The average molecular weight is 308 g/mol. The van der Waals surface area contributed by atoms with Gasteiger partial charge in [-0.2, -0.15) is 5.10 Å². The van der Waals surface area contributed by atoms with Crippen molar-refractivity contribution in [1.82, 2.24) is 20.5 Å². The molecule has 0 saturated carbocycles. The SMILES string of the molecule is CCc1ccc(CNC(=O)CCc2n[nH]c(=O)[nH]c2=O)s1. The van der Waals surface area contributed by atoms with Gasteiger partial charge in [-0.25, -0.2) is 9.89 Å². The summed E-state index contributed by atoms with van der Waals surface area (Å²) in [7, 11) is 0. The average Bonchev–Trinajstić information content (AvgIpc) is 2.92. The third kappa shape index (κ3) is 4.38. The van der Waals surface area contributed by atoms with E-state index in [1.54, 1.807) is 11.3 Å². The molecule has 7 nitrogen and oxygen atoms in total. The lowest BCUT2D eigenvalue weighted by Crippen LogP contribution is -2.29. The molecule has 0 unspecified atom stereocenters. The summed E-state index contributed by atoms with van der Waals surface area (Å²) >= 11 is 1.67. The van der Waals surface area contributed by atoms with E-state index >= 15 is 0 Å². The fourth-order valence-corrected chi connectivity index (χ4v) is 2.65. The Morgan fingerprint density at radius 2 is 2.10 bits per heavy atom. The highest BCUT2D eigenvalue weighted by molar-refractivity contribution is 7.11. The van der Waals surface area contributed by atoms with E-state index in [1.807, 2.05) is 6.07 Å². The topological polar surface area (TPSA) is 108 Å². The Hall–Kier alpha value is -2.22. The van der Waals surface area contributed by atoms with Crippen LogP contribution < -0.4 is 16.6 Å². The fourth-order valence-electron chi connectivity index (χ4n) is 1.76. The minimum atomic E-state index is -0.655. The van der Waals surface area contributed by atoms with Gasteiger partial charge in [0.25, 0.3) is 5.56 Å². The summed E-state index contributed by atoms with van der Waals surface area (Å²) in [4.78, 5) is 38.4. The van der Waals surface area contributed by atoms with Gasteiger partial charge < -0.3 is 5.32 Å². The van der Waals surface area contributed by atoms with Gasteiger partial charge in [-0.15, -0.1) is 11.3 Å². The number of aromatic amines is 2. The minimum absolute atomic E-state index is 0.147. The molecular weight excluding hydrogens is 292 g/mol. The van der Waals surface area contributed by atoms with Crippen molar-refractivity contribution in [3.05, 3.63) is 48.4 Å². The summed E-state index contributed by atoms with van der Waals surface area (Å²) in [6, 6.07) is 4.05. The molecule has 0 aromatic carbocycles. The number of thiophene rings is 1. The number of rotatable bonds is 6. The lowest BCUT2D eigenvalue weighted by Gasteiger charge is -2.02. The lowest BCUT2D eigenvalue weighted by molar-refractivity contribution is -0.121. The first kappa shape index (κ1) is 15.2. The molecule has 0 aliphatic heterocycles. The Labute approximate surface area is 124 Å². The second-order valence-electron chi connectivity index (χ2n) is 4.45. The first-order valence-corrected chi connectivity index (χ1v) is 7.42. The summed E-state index contributed by atoms with van der Waals surface area (Å²) < 4.78 is 0. The van der Waals surface area contributed by atoms with Crippen molar-refractivity contribution >= 4 is 17.2 Å². The summed E-state index contributed by atoms with van der Waals surface area (Å²) in [5, 5.41) is 8.56. The molecule has 2 heterocycles. The number of carbonyl (C=O) groups excluding carboxylic acids is 1. The largest absolute Gasteiger partial charge is 0.351 e. The highest BCUT2D eigenvalue weighted by Gasteiger charge is 2.07. The summed E-state index contributed by atoms with van der Waals surface area (Å²) in [5.41, 5.74) is -1.07. The van der Waals surface area contributed by atoms with Gasteiger partial charge >= 0.3 is 5.69 Å². The van der Waals surface area contributed by atoms with E-state index < -0.39 is 11.2 Å². The van der Waals surface area contributed by atoms with Gasteiger partial charge in [0.2, 0.25) is 5.91 Å². The normalized spacial score (nSPS) is 10.5. The quantitative estimate of drug-likeness (QED) is 0.714. The van der Waals surface area contributed by atoms with Crippen molar-refractivity contribution in [1.29, 1.82) is 0 Å². The van der Waals surface area contributed by atoms with Gasteiger partial charge in [0.05, 0.1) is 6.54 Å². The van der Waals surface area contributed by atoms with E-state index in [-0.39, 0.29) is 24.4 Å². The molecule has 21 heavy (non-hydrogen) atoms. The predicted molar refractivity (Wildman–Crippen MR) is 79.3 cm³/mol. The van der Waals surface area contributed by atoms with Crippen molar-refractivity contribution in [2.24, 2.45) is 0 Å². The number of carbonyl (C=O) groups is 1. The Kier molecular flexibility index (Phi) is 5.04. The molecule has 0 bridgehead atoms. The molecule has 0 saturated heterocycles. The van der Waals surface area contributed by atoms with E-state index in [1.165, 1.54) is 4.88 Å². The van der Waals surface area contributed by atoms with Gasteiger partial charge in [-0.1, -0.05) is 6.92 Å². The van der Waals surface area contributed by atoms with Gasteiger partial charge in [0, 0.05) is 22.6 Å². The third-order valence-corrected chi connectivity index (χ3v) is 4.13. The van der Waals surface area contributed by atoms with Crippen molar-refractivity contribution in [2.45, 2.75) is 32.7 Å². The second kappa shape index (κ2) is 6.98. The minimum Gasteiger partial charge on any atom is -0.351 e. The molecule has 3 N–H and O–H groups in total. The maximum Gasteiger partial charge on any atom is 0.342 e. The molecule has 8 heteroatoms. The Morgan fingerprint density at radius 1 is 1.33 bits per heavy atom. The number of nitrogens with one attached hydrogen (secondary N) is 3. The van der Waals surface area contributed by atoms with E-state index in [2.05, 4.69) is 33.5 Å². The molecule has 0 spiro atoms. The maximum absolute atomic E-state index is 11.7. The van der Waals surface area contributed by atoms with Crippen LogP contribution in [-0.4, -0.2) is 21.1 Å². The zero-order chi connectivity index (χ0) is 15.2. The number of H-pyrrole nitrogens is 2. The fraction of sp³-hybridized carbons (Fsp3) is 0.385. The van der Waals surface area contributed by atoms with Gasteiger partial charge in [-0.3, -0.25) is 14.6 Å². The predicted octanol–water partition coefficient (Wildman–Crippen LogP) is 0.331. The molecule has 0 aliphatic rings. The van der Waals surface area contributed by atoms with Crippen molar-refractivity contribution in [2.75, 3.05) is 0 Å². The third-order valence-electron chi connectivity index (χ3n) is 2.90. The maximum atomic E-state index is 11.7. The first-order valence-electron chi connectivity index (χ1n) is 6.60. The zero-order valence-electron chi connectivity index (χ0n) is 11.6. The molecule has 1 amide bonds. The Morgan fingerprint density at radius 3 is 2.76 bits per heavy atom. The molecule has 0 radical (unpaired) electrons. The molecule has 2 rings (SSSR count). The highest BCUT2D eigenvalue weighted by atomic mass is 32.1. The highest BCUT2D eigenvalue weighted by Crippen LogP contribution is 2.16. The van der Waals surface area contributed by atoms with Crippen LogP contribution in [0.2, 0.25) is 0 Å².